The number of rotatable bonds is 3. The summed E-state index contributed by atoms with van der Waals surface area (Å²) in [5, 5.41) is 2.82. The lowest BCUT2D eigenvalue weighted by atomic mass is 9.94. The van der Waals surface area contributed by atoms with Crippen molar-refractivity contribution in [3.63, 3.8) is 0 Å². The fourth-order valence-electron chi connectivity index (χ4n) is 1.92. The molecule has 0 radical (unpaired) electrons. The summed E-state index contributed by atoms with van der Waals surface area (Å²) in [6, 6.07) is 0.0821. The summed E-state index contributed by atoms with van der Waals surface area (Å²) in [5.41, 5.74) is 5.51. The highest BCUT2D eigenvalue weighted by atomic mass is 16.2. The second-order valence-electron chi connectivity index (χ2n) is 3.84. The Morgan fingerprint density at radius 2 is 2.14 bits per heavy atom. The molecule has 3 N–H and O–H groups in total. The summed E-state index contributed by atoms with van der Waals surface area (Å²) in [6.07, 6.45) is 3.31. The Bertz CT molecular complexity index is 176. The first kappa shape index (κ1) is 11.3. The van der Waals surface area contributed by atoms with Crippen LogP contribution in [0.15, 0.2) is 0 Å². The molecule has 0 bridgehead atoms. The molecule has 1 saturated heterocycles. The zero-order valence-electron chi connectivity index (χ0n) is 8.96. The van der Waals surface area contributed by atoms with E-state index in [9.17, 15) is 4.79 Å². The molecule has 82 valence electrons. The molecule has 0 aromatic rings. The van der Waals surface area contributed by atoms with Gasteiger partial charge in [-0.3, -0.25) is 0 Å². The third-order valence-electron chi connectivity index (χ3n) is 2.80. The lowest BCUT2D eigenvalue weighted by molar-refractivity contribution is 0.169. The van der Waals surface area contributed by atoms with Crippen LogP contribution in [0.3, 0.4) is 0 Å². The molecule has 0 aromatic carbocycles. The first-order valence-corrected chi connectivity index (χ1v) is 5.50. The molecule has 1 aliphatic heterocycles. The Morgan fingerprint density at radius 1 is 1.50 bits per heavy atom. The predicted molar refractivity (Wildman–Crippen MR) is 57.0 cm³/mol. The van der Waals surface area contributed by atoms with E-state index in [1.165, 1.54) is 0 Å². The van der Waals surface area contributed by atoms with E-state index in [-0.39, 0.29) is 6.03 Å². The third-order valence-corrected chi connectivity index (χ3v) is 2.80. The van der Waals surface area contributed by atoms with Gasteiger partial charge in [0.25, 0.3) is 0 Å². The van der Waals surface area contributed by atoms with Crippen LogP contribution in [0, 0.1) is 5.92 Å². The van der Waals surface area contributed by atoms with Gasteiger partial charge < -0.3 is 16.0 Å². The van der Waals surface area contributed by atoms with E-state index >= 15 is 0 Å². The van der Waals surface area contributed by atoms with Crippen molar-refractivity contribution in [2.45, 2.75) is 26.2 Å². The molecule has 1 heterocycles. The SMILES string of the molecule is CCNC(=O)N1CCC(CCN)CC1. The first-order chi connectivity index (χ1) is 6.77. The van der Waals surface area contributed by atoms with Gasteiger partial charge >= 0.3 is 6.03 Å². The standard InChI is InChI=1S/C10H21N3O/c1-2-12-10(14)13-7-4-9(3-6-11)5-8-13/h9H,2-8,11H2,1H3,(H,12,14). The molecular weight excluding hydrogens is 178 g/mol. The second kappa shape index (κ2) is 5.86. The van der Waals surface area contributed by atoms with Crippen LogP contribution in [0.5, 0.6) is 0 Å². The van der Waals surface area contributed by atoms with Gasteiger partial charge in [-0.1, -0.05) is 0 Å². The lowest BCUT2D eigenvalue weighted by Gasteiger charge is -2.31. The van der Waals surface area contributed by atoms with Crippen LogP contribution in [0.25, 0.3) is 0 Å². The van der Waals surface area contributed by atoms with Crippen LogP contribution < -0.4 is 11.1 Å². The molecule has 4 nitrogen and oxygen atoms in total. The highest BCUT2D eigenvalue weighted by Gasteiger charge is 2.21. The minimum absolute atomic E-state index is 0.0821. The number of likely N-dealkylation sites (tertiary alicyclic amines) is 1. The van der Waals surface area contributed by atoms with Crippen molar-refractivity contribution in [1.82, 2.24) is 10.2 Å². The maximum absolute atomic E-state index is 11.5. The fourth-order valence-corrected chi connectivity index (χ4v) is 1.92. The van der Waals surface area contributed by atoms with Crippen molar-refractivity contribution in [1.29, 1.82) is 0 Å². The van der Waals surface area contributed by atoms with Gasteiger partial charge in [-0.25, -0.2) is 4.79 Å². The number of amides is 2. The van der Waals surface area contributed by atoms with Crippen LogP contribution in [-0.2, 0) is 0 Å². The zero-order valence-corrected chi connectivity index (χ0v) is 8.96. The average molecular weight is 199 g/mol. The van der Waals surface area contributed by atoms with E-state index in [1.807, 2.05) is 11.8 Å². The topological polar surface area (TPSA) is 58.4 Å². The summed E-state index contributed by atoms with van der Waals surface area (Å²) >= 11 is 0. The summed E-state index contributed by atoms with van der Waals surface area (Å²) < 4.78 is 0. The molecule has 1 fully saturated rings. The van der Waals surface area contributed by atoms with Gasteiger partial charge in [0.05, 0.1) is 0 Å². The molecule has 4 heteroatoms. The number of hydrogen-bond donors (Lipinski definition) is 2. The largest absolute Gasteiger partial charge is 0.338 e. The Morgan fingerprint density at radius 3 is 2.64 bits per heavy atom. The van der Waals surface area contributed by atoms with Crippen molar-refractivity contribution in [2.75, 3.05) is 26.2 Å². The number of carbonyl (C=O) groups is 1. The molecule has 2 amide bonds. The van der Waals surface area contributed by atoms with Crippen LogP contribution in [0.2, 0.25) is 0 Å². The number of piperidine rings is 1. The summed E-state index contributed by atoms with van der Waals surface area (Å²) in [5.74, 6) is 0.727. The zero-order chi connectivity index (χ0) is 10.4. The Kier molecular flexibility index (Phi) is 4.73. The molecule has 0 spiro atoms. The molecular formula is C10H21N3O. The number of nitrogens with zero attached hydrogens (tertiary/aromatic N) is 1. The van der Waals surface area contributed by atoms with Gasteiger partial charge in [-0.05, 0) is 38.6 Å². The van der Waals surface area contributed by atoms with Crippen molar-refractivity contribution in [3.8, 4) is 0 Å². The van der Waals surface area contributed by atoms with Crippen LogP contribution in [0.1, 0.15) is 26.2 Å². The van der Waals surface area contributed by atoms with E-state index in [2.05, 4.69) is 5.32 Å². The minimum atomic E-state index is 0.0821. The molecule has 0 atom stereocenters. The van der Waals surface area contributed by atoms with Gasteiger partial charge in [-0.15, -0.1) is 0 Å². The normalized spacial score (nSPS) is 18.3. The van der Waals surface area contributed by atoms with E-state index in [4.69, 9.17) is 5.73 Å². The smallest absolute Gasteiger partial charge is 0.317 e. The number of urea groups is 1. The number of nitrogens with one attached hydrogen (secondary N) is 1. The van der Waals surface area contributed by atoms with E-state index in [1.54, 1.807) is 0 Å². The molecule has 1 rings (SSSR count). The van der Waals surface area contributed by atoms with Crippen LogP contribution in [-0.4, -0.2) is 37.1 Å². The van der Waals surface area contributed by atoms with E-state index in [0.717, 1.165) is 44.8 Å². The highest BCUT2D eigenvalue weighted by molar-refractivity contribution is 5.74. The number of hydrogen-bond acceptors (Lipinski definition) is 2. The van der Waals surface area contributed by atoms with Gasteiger partial charge in [0.2, 0.25) is 0 Å². The highest BCUT2D eigenvalue weighted by Crippen LogP contribution is 2.19. The summed E-state index contributed by atoms with van der Waals surface area (Å²) in [4.78, 5) is 13.4. The monoisotopic (exact) mass is 199 g/mol. The molecule has 0 unspecified atom stereocenters. The molecule has 1 aliphatic rings. The molecule has 0 aromatic heterocycles. The second-order valence-corrected chi connectivity index (χ2v) is 3.84. The summed E-state index contributed by atoms with van der Waals surface area (Å²) in [7, 11) is 0. The Hall–Kier alpha value is -0.770. The van der Waals surface area contributed by atoms with Gasteiger partial charge in [0.1, 0.15) is 0 Å². The van der Waals surface area contributed by atoms with Crippen molar-refractivity contribution in [3.05, 3.63) is 0 Å². The average Bonchev–Trinajstić information content (AvgIpc) is 2.20. The minimum Gasteiger partial charge on any atom is -0.338 e. The quantitative estimate of drug-likeness (QED) is 0.705. The summed E-state index contributed by atoms with van der Waals surface area (Å²) in [6.45, 7) is 5.19. The van der Waals surface area contributed by atoms with E-state index < -0.39 is 0 Å². The van der Waals surface area contributed by atoms with Gasteiger partial charge in [-0.2, -0.15) is 0 Å². The maximum atomic E-state index is 11.5. The van der Waals surface area contributed by atoms with Crippen molar-refractivity contribution >= 4 is 6.03 Å². The fraction of sp³-hybridized carbons (Fsp3) is 0.900. The maximum Gasteiger partial charge on any atom is 0.317 e. The third kappa shape index (κ3) is 3.18. The molecule has 0 saturated carbocycles. The van der Waals surface area contributed by atoms with Gasteiger partial charge in [0, 0.05) is 19.6 Å². The molecule has 0 aliphatic carbocycles. The number of nitrogens with two attached hydrogens (primary N) is 1. The van der Waals surface area contributed by atoms with Crippen LogP contribution >= 0.6 is 0 Å². The van der Waals surface area contributed by atoms with Crippen LogP contribution in [0.4, 0.5) is 4.79 Å². The Labute approximate surface area is 85.8 Å². The lowest BCUT2D eigenvalue weighted by Crippen LogP contribution is -2.44. The van der Waals surface area contributed by atoms with Gasteiger partial charge in [0.15, 0.2) is 0 Å². The number of carbonyl (C=O) groups excluding carboxylic acids is 1. The first-order valence-electron chi connectivity index (χ1n) is 5.50. The predicted octanol–water partition coefficient (Wildman–Crippen LogP) is 0.777. The Balaban J connectivity index is 2.24. The van der Waals surface area contributed by atoms with E-state index in [0.29, 0.717) is 6.54 Å². The van der Waals surface area contributed by atoms with Crippen molar-refractivity contribution < 1.29 is 4.79 Å². The molecule has 14 heavy (non-hydrogen) atoms. The van der Waals surface area contributed by atoms with Crippen molar-refractivity contribution in [2.24, 2.45) is 11.7 Å².